The maximum Gasteiger partial charge on any atom is 0.0928 e. The monoisotopic (exact) mass is 484 g/mol. The minimum absolute atomic E-state index is 0.654. The molecule has 0 aliphatic carbocycles. The number of aromatic amines is 1. The maximum absolute atomic E-state index is 4.92. The van der Waals surface area contributed by atoms with Crippen molar-refractivity contribution in [3.63, 3.8) is 0 Å². The molecule has 5 rings (SSSR count). The number of rotatable bonds is 9. The van der Waals surface area contributed by atoms with E-state index in [9.17, 15) is 0 Å². The molecule has 1 fully saturated rings. The summed E-state index contributed by atoms with van der Waals surface area (Å²) in [5, 5.41) is 10.9. The van der Waals surface area contributed by atoms with Crippen molar-refractivity contribution in [2.75, 3.05) is 39.3 Å². The molecule has 4 aromatic heterocycles. The molecule has 0 bridgehead atoms. The quantitative estimate of drug-likeness (QED) is 0.349. The van der Waals surface area contributed by atoms with E-state index in [1.807, 2.05) is 49.6 Å². The molecule has 1 saturated heterocycles. The van der Waals surface area contributed by atoms with Crippen molar-refractivity contribution in [1.82, 2.24) is 40.3 Å². The maximum atomic E-state index is 4.92. The van der Waals surface area contributed by atoms with E-state index in [-0.39, 0.29) is 0 Å². The average Bonchev–Trinajstić information content (AvgIpc) is 3.38. The standard InChI is InChI=1S/C28H36N8/c1-20(2)36-14-12-35(13-15-36)11-5-10-29-17-22-16-27-25(30-18-22)9-8-24(33-27)23-19-31-34-28(23)26-7-4-6-21(3)32-26/h4,6-9,16,18-20,29H,5,10-15,17H2,1-3H3,(H,31,34). The van der Waals surface area contributed by atoms with Crippen LogP contribution in [0, 0.1) is 6.92 Å². The van der Waals surface area contributed by atoms with Crippen molar-refractivity contribution in [1.29, 1.82) is 0 Å². The minimum Gasteiger partial charge on any atom is -0.313 e. The first-order valence-electron chi connectivity index (χ1n) is 13.0. The number of fused-ring (bicyclic) bond motifs is 1. The van der Waals surface area contributed by atoms with E-state index in [4.69, 9.17) is 4.98 Å². The molecule has 0 radical (unpaired) electrons. The Bertz CT molecular complexity index is 1290. The number of aromatic nitrogens is 5. The highest BCUT2D eigenvalue weighted by molar-refractivity contribution is 5.82. The number of aryl methyl sites for hydroxylation is 1. The Kier molecular flexibility index (Phi) is 7.65. The molecule has 5 heterocycles. The molecule has 1 aliphatic heterocycles. The van der Waals surface area contributed by atoms with Gasteiger partial charge in [-0.25, -0.2) is 4.98 Å². The molecule has 2 N–H and O–H groups in total. The zero-order valence-electron chi connectivity index (χ0n) is 21.5. The summed E-state index contributed by atoms with van der Waals surface area (Å²) in [6.45, 7) is 14.2. The van der Waals surface area contributed by atoms with Crippen LogP contribution in [0.5, 0.6) is 0 Å². The molecule has 8 nitrogen and oxygen atoms in total. The molecule has 1 aliphatic rings. The lowest BCUT2D eigenvalue weighted by atomic mass is 10.1. The molecule has 188 valence electrons. The highest BCUT2D eigenvalue weighted by atomic mass is 15.3. The Morgan fingerprint density at radius 1 is 0.972 bits per heavy atom. The number of nitrogens with one attached hydrogen (secondary N) is 2. The van der Waals surface area contributed by atoms with Crippen molar-refractivity contribution >= 4 is 11.0 Å². The Labute approximate surface area is 213 Å². The summed E-state index contributed by atoms with van der Waals surface area (Å²) < 4.78 is 0. The number of nitrogens with zero attached hydrogens (tertiary/aromatic N) is 6. The van der Waals surface area contributed by atoms with Gasteiger partial charge in [-0.2, -0.15) is 5.10 Å². The second kappa shape index (κ2) is 11.2. The Balaban J connectivity index is 1.19. The van der Waals surface area contributed by atoms with Gasteiger partial charge in [0.15, 0.2) is 0 Å². The number of hydrogen-bond donors (Lipinski definition) is 2. The first kappa shape index (κ1) is 24.5. The molecule has 36 heavy (non-hydrogen) atoms. The fourth-order valence-electron chi connectivity index (χ4n) is 4.82. The lowest BCUT2D eigenvalue weighted by Crippen LogP contribution is -2.49. The van der Waals surface area contributed by atoms with Gasteiger partial charge in [-0.15, -0.1) is 0 Å². The van der Waals surface area contributed by atoms with E-state index in [1.165, 1.54) is 26.2 Å². The molecule has 0 unspecified atom stereocenters. The molecule has 0 spiro atoms. The van der Waals surface area contributed by atoms with Crippen LogP contribution < -0.4 is 5.32 Å². The van der Waals surface area contributed by atoms with Gasteiger partial charge in [-0.1, -0.05) is 6.07 Å². The van der Waals surface area contributed by atoms with Crippen molar-refractivity contribution in [3.05, 3.63) is 60.0 Å². The summed E-state index contributed by atoms with van der Waals surface area (Å²) in [4.78, 5) is 19.3. The van der Waals surface area contributed by atoms with E-state index in [2.05, 4.69) is 55.2 Å². The van der Waals surface area contributed by atoms with Crippen LogP contribution in [-0.4, -0.2) is 80.3 Å². The van der Waals surface area contributed by atoms with Crippen molar-refractivity contribution in [2.45, 2.75) is 39.8 Å². The van der Waals surface area contributed by atoms with Crippen LogP contribution in [0.25, 0.3) is 33.7 Å². The van der Waals surface area contributed by atoms with Crippen molar-refractivity contribution in [3.8, 4) is 22.6 Å². The van der Waals surface area contributed by atoms with Gasteiger partial charge in [0, 0.05) is 56.2 Å². The van der Waals surface area contributed by atoms with Crippen LogP contribution in [0.2, 0.25) is 0 Å². The zero-order chi connectivity index (χ0) is 24.9. The summed E-state index contributed by atoms with van der Waals surface area (Å²) in [5.41, 5.74) is 7.43. The molecule has 0 saturated carbocycles. The predicted octanol–water partition coefficient (Wildman–Crippen LogP) is 3.90. The topological polar surface area (TPSA) is 85.9 Å². The lowest BCUT2D eigenvalue weighted by molar-refractivity contribution is 0.108. The van der Waals surface area contributed by atoms with Gasteiger partial charge in [-0.3, -0.25) is 20.0 Å². The van der Waals surface area contributed by atoms with Crippen LogP contribution in [0.4, 0.5) is 0 Å². The Morgan fingerprint density at radius 3 is 2.64 bits per heavy atom. The van der Waals surface area contributed by atoms with Crippen LogP contribution >= 0.6 is 0 Å². The van der Waals surface area contributed by atoms with Gasteiger partial charge in [0.25, 0.3) is 0 Å². The summed E-state index contributed by atoms with van der Waals surface area (Å²) in [6.07, 6.45) is 4.91. The van der Waals surface area contributed by atoms with Gasteiger partial charge in [0.2, 0.25) is 0 Å². The third kappa shape index (κ3) is 5.78. The summed E-state index contributed by atoms with van der Waals surface area (Å²) in [5.74, 6) is 0. The smallest absolute Gasteiger partial charge is 0.0928 e. The highest BCUT2D eigenvalue weighted by Crippen LogP contribution is 2.29. The van der Waals surface area contributed by atoms with E-state index >= 15 is 0 Å². The fraction of sp³-hybridized carbons (Fsp3) is 0.429. The number of hydrogen-bond acceptors (Lipinski definition) is 7. The lowest BCUT2D eigenvalue weighted by Gasteiger charge is -2.36. The third-order valence-corrected chi connectivity index (χ3v) is 6.95. The SMILES string of the molecule is Cc1cccc(-c2[nH]ncc2-c2ccc3ncc(CNCCCN4CCN(C(C)C)CC4)cc3n2)n1. The van der Waals surface area contributed by atoms with Crippen LogP contribution in [-0.2, 0) is 6.54 Å². The van der Waals surface area contributed by atoms with Gasteiger partial charge in [0.1, 0.15) is 0 Å². The van der Waals surface area contributed by atoms with E-state index in [0.29, 0.717) is 6.04 Å². The molecular weight excluding hydrogens is 448 g/mol. The average molecular weight is 485 g/mol. The zero-order valence-corrected chi connectivity index (χ0v) is 21.5. The second-order valence-corrected chi connectivity index (χ2v) is 9.90. The minimum atomic E-state index is 0.654. The molecule has 0 amide bonds. The number of piperazine rings is 1. The first-order valence-corrected chi connectivity index (χ1v) is 13.0. The second-order valence-electron chi connectivity index (χ2n) is 9.90. The Hall–Kier alpha value is -3.20. The normalized spacial score (nSPS) is 15.2. The highest BCUT2D eigenvalue weighted by Gasteiger charge is 2.18. The molecule has 8 heteroatoms. The Morgan fingerprint density at radius 2 is 1.83 bits per heavy atom. The van der Waals surface area contributed by atoms with E-state index in [1.54, 1.807) is 0 Å². The number of H-pyrrole nitrogens is 1. The van der Waals surface area contributed by atoms with Gasteiger partial charge < -0.3 is 10.2 Å². The van der Waals surface area contributed by atoms with Gasteiger partial charge >= 0.3 is 0 Å². The largest absolute Gasteiger partial charge is 0.313 e. The van der Waals surface area contributed by atoms with E-state index in [0.717, 1.165) is 71.0 Å². The summed E-state index contributed by atoms with van der Waals surface area (Å²) in [6, 6.07) is 12.8. The molecular formula is C28H36N8. The molecule has 0 aromatic carbocycles. The molecule has 0 atom stereocenters. The third-order valence-electron chi connectivity index (χ3n) is 6.95. The fourth-order valence-corrected chi connectivity index (χ4v) is 4.82. The summed E-state index contributed by atoms with van der Waals surface area (Å²) in [7, 11) is 0. The van der Waals surface area contributed by atoms with Crippen molar-refractivity contribution in [2.24, 2.45) is 0 Å². The summed E-state index contributed by atoms with van der Waals surface area (Å²) >= 11 is 0. The van der Waals surface area contributed by atoms with Gasteiger partial charge in [-0.05, 0) is 76.2 Å². The number of pyridine rings is 3. The van der Waals surface area contributed by atoms with Crippen molar-refractivity contribution < 1.29 is 0 Å². The molecule has 4 aromatic rings. The van der Waals surface area contributed by atoms with Crippen LogP contribution in [0.3, 0.4) is 0 Å². The van der Waals surface area contributed by atoms with Crippen LogP contribution in [0.15, 0.2) is 48.8 Å². The first-order chi connectivity index (χ1) is 17.6. The van der Waals surface area contributed by atoms with E-state index < -0.39 is 0 Å². The predicted molar refractivity (Wildman–Crippen MR) is 145 cm³/mol. The van der Waals surface area contributed by atoms with Crippen LogP contribution in [0.1, 0.15) is 31.5 Å². The van der Waals surface area contributed by atoms with Gasteiger partial charge in [0.05, 0.1) is 34.3 Å².